The summed E-state index contributed by atoms with van der Waals surface area (Å²) in [6.07, 6.45) is 10.9. The molecule has 0 atom stereocenters. The fourth-order valence-corrected chi connectivity index (χ4v) is 4.08. The van der Waals surface area contributed by atoms with Gasteiger partial charge in [0.15, 0.2) is 5.96 Å². The molecule has 1 aromatic heterocycles. The largest absolute Gasteiger partial charge is 0.370 e. The molecule has 0 spiro atoms. The van der Waals surface area contributed by atoms with Crippen molar-refractivity contribution in [3.63, 3.8) is 0 Å². The summed E-state index contributed by atoms with van der Waals surface area (Å²) < 4.78 is 1.82. The number of rotatable bonds is 6. The second-order valence-electron chi connectivity index (χ2n) is 7.98. The van der Waals surface area contributed by atoms with Gasteiger partial charge < -0.3 is 11.1 Å². The molecule has 0 aliphatic heterocycles. The first-order chi connectivity index (χ1) is 14.8. The molecular weight excluding hydrogens is 372 g/mol. The highest BCUT2D eigenvalue weighted by molar-refractivity contribution is 5.78. The lowest BCUT2D eigenvalue weighted by Crippen LogP contribution is -2.39. The van der Waals surface area contributed by atoms with Gasteiger partial charge in [-0.05, 0) is 35.1 Å². The first kappa shape index (κ1) is 20.1. The van der Waals surface area contributed by atoms with E-state index in [1.54, 1.807) is 12.7 Å². The number of aliphatic imine (C=N–C) groups is 1. The quantitative estimate of drug-likeness (QED) is 0.369. The van der Waals surface area contributed by atoms with Gasteiger partial charge in [-0.2, -0.15) is 5.10 Å². The van der Waals surface area contributed by atoms with Crippen molar-refractivity contribution in [2.75, 3.05) is 0 Å². The second-order valence-corrected chi connectivity index (χ2v) is 7.98. The zero-order chi connectivity index (χ0) is 20.6. The number of nitrogens with two attached hydrogens (primary N) is 1. The number of nitrogens with one attached hydrogen (secondary N) is 1. The highest BCUT2D eigenvalue weighted by atomic mass is 15.3. The molecule has 1 saturated carbocycles. The Morgan fingerprint density at radius 2 is 1.80 bits per heavy atom. The molecule has 0 saturated heterocycles. The van der Waals surface area contributed by atoms with E-state index in [0.29, 0.717) is 18.5 Å². The lowest BCUT2D eigenvalue weighted by molar-refractivity contribution is 0.530. The maximum atomic E-state index is 6.20. The Balaban J connectivity index is 1.43. The van der Waals surface area contributed by atoms with E-state index in [1.807, 2.05) is 4.68 Å². The van der Waals surface area contributed by atoms with E-state index in [2.05, 4.69) is 68.9 Å². The molecule has 0 amide bonds. The highest BCUT2D eigenvalue weighted by Gasteiger charge is 2.12. The fourth-order valence-electron chi connectivity index (χ4n) is 4.08. The predicted octanol–water partition coefficient (Wildman–Crippen LogP) is 4.12. The molecule has 1 fully saturated rings. The summed E-state index contributed by atoms with van der Waals surface area (Å²) in [7, 11) is 0. The van der Waals surface area contributed by atoms with Gasteiger partial charge >= 0.3 is 0 Å². The molecule has 6 nitrogen and oxygen atoms in total. The minimum Gasteiger partial charge on any atom is -0.370 e. The van der Waals surface area contributed by atoms with Gasteiger partial charge in [-0.15, -0.1) is 0 Å². The van der Waals surface area contributed by atoms with Crippen LogP contribution in [-0.4, -0.2) is 26.8 Å². The molecule has 156 valence electrons. The first-order valence-corrected chi connectivity index (χ1v) is 10.8. The van der Waals surface area contributed by atoms with Gasteiger partial charge in [0.2, 0.25) is 0 Å². The standard InChI is InChI=1S/C24H30N6/c25-24(29-22-8-3-1-2-4-9-22)27-15-21-7-5-6-10-23(21)20-13-11-19(12-14-20)16-30-18-26-17-28-30/h5-7,10-14,17-18,22H,1-4,8-9,15-16H2,(H3,25,27,29). The molecule has 0 unspecified atom stereocenters. The minimum atomic E-state index is 0.462. The summed E-state index contributed by atoms with van der Waals surface area (Å²) >= 11 is 0. The van der Waals surface area contributed by atoms with Crippen LogP contribution >= 0.6 is 0 Å². The Kier molecular flexibility index (Phi) is 6.75. The van der Waals surface area contributed by atoms with Gasteiger partial charge in [-0.3, -0.25) is 0 Å². The van der Waals surface area contributed by atoms with Crippen molar-refractivity contribution in [3.05, 3.63) is 72.3 Å². The maximum Gasteiger partial charge on any atom is 0.189 e. The maximum absolute atomic E-state index is 6.20. The van der Waals surface area contributed by atoms with Crippen molar-refractivity contribution in [2.24, 2.45) is 10.7 Å². The highest BCUT2D eigenvalue weighted by Crippen LogP contribution is 2.25. The Morgan fingerprint density at radius 1 is 1.03 bits per heavy atom. The molecule has 3 N–H and O–H groups in total. The van der Waals surface area contributed by atoms with Crippen molar-refractivity contribution in [2.45, 2.75) is 57.7 Å². The molecule has 0 bridgehead atoms. The topological polar surface area (TPSA) is 81.1 Å². The lowest BCUT2D eigenvalue weighted by Gasteiger charge is -2.17. The summed E-state index contributed by atoms with van der Waals surface area (Å²) in [5, 5.41) is 7.60. The van der Waals surface area contributed by atoms with Crippen LogP contribution in [0.2, 0.25) is 0 Å². The van der Waals surface area contributed by atoms with E-state index in [0.717, 1.165) is 6.54 Å². The van der Waals surface area contributed by atoms with Crippen LogP contribution in [0.5, 0.6) is 0 Å². The summed E-state index contributed by atoms with van der Waals surface area (Å²) in [6.45, 7) is 1.29. The van der Waals surface area contributed by atoms with Crippen LogP contribution in [0, 0.1) is 0 Å². The van der Waals surface area contributed by atoms with Crippen molar-refractivity contribution in [1.82, 2.24) is 20.1 Å². The number of guanidine groups is 1. The SMILES string of the molecule is NC(=NCc1ccccc1-c1ccc(Cn2cncn2)cc1)NC1CCCCCC1. The molecule has 30 heavy (non-hydrogen) atoms. The first-order valence-electron chi connectivity index (χ1n) is 10.8. The van der Waals surface area contributed by atoms with Gasteiger partial charge in [0, 0.05) is 6.04 Å². The molecule has 3 aromatic rings. The number of hydrogen-bond acceptors (Lipinski definition) is 3. The normalized spacial score (nSPS) is 15.7. The molecular formula is C24H30N6. The van der Waals surface area contributed by atoms with Gasteiger partial charge in [0.1, 0.15) is 12.7 Å². The molecule has 0 radical (unpaired) electrons. The zero-order valence-electron chi connectivity index (χ0n) is 17.4. The summed E-state index contributed by atoms with van der Waals surface area (Å²) in [4.78, 5) is 8.63. The van der Waals surface area contributed by atoms with Crippen molar-refractivity contribution in [3.8, 4) is 11.1 Å². The number of benzene rings is 2. The molecule has 1 aliphatic carbocycles. The van der Waals surface area contributed by atoms with Crippen LogP contribution in [-0.2, 0) is 13.1 Å². The van der Waals surface area contributed by atoms with E-state index in [4.69, 9.17) is 5.73 Å². The van der Waals surface area contributed by atoms with E-state index in [1.165, 1.54) is 60.8 Å². The zero-order valence-corrected chi connectivity index (χ0v) is 17.4. The van der Waals surface area contributed by atoms with Gasteiger partial charge in [0.05, 0.1) is 13.1 Å². The summed E-state index contributed by atoms with van der Waals surface area (Å²) in [5.74, 6) is 0.555. The van der Waals surface area contributed by atoms with Crippen LogP contribution in [0.3, 0.4) is 0 Å². The third kappa shape index (κ3) is 5.47. The Morgan fingerprint density at radius 3 is 2.53 bits per heavy atom. The third-order valence-corrected chi connectivity index (χ3v) is 5.72. The van der Waals surface area contributed by atoms with Crippen molar-refractivity contribution < 1.29 is 0 Å². The summed E-state index contributed by atoms with van der Waals surface area (Å²) in [6, 6.07) is 17.4. The van der Waals surface area contributed by atoms with E-state index in [9.17, 15) is 0 Å². The molecule has 4 rings (SSSR count). The average molecular weight is 403 g/mol. The third-order valence-electron chi connectivity index (χ3n) is 5.72. The molecule has 6 heteroatoms. The van der Waals surface area contributed by atoms with Crippen LogP contribution in [0.4, 0.5) is 0 Å². The Bertz CT molecular complexity index is 938. The van der Waals surface area contributed by atoms with Crippen molar-refractivity contribution in [1.29, 1.82) is 0 Å². The fraction of sp³-hybridized carbons (Fsp3) is 0.375. The lowest BCUT2D eigenvalue weighted by atomic mass is 9.98. The summed E-state index contributed by atoms with van der Waals surface area (Å²) in [5.41, 5.74) is 10.9. The van der Waals surface area contributed by atoms with Crippen LogP contribution in [0.15, 0.2) is 66.2 Å². The van der Waals surface area contributed by atoms with E-state index < -0.39 is 0 Å². The molecule has 1 heterocycles. The number of aromatic nitrogens is 3. The van der Waals surface area contributed by atoms with Crippen molar-refractivity contribution >= 4 is 5.96 Å². The van der Waals surface area contributed by atoms with E-state index >= 15 is 0 Å². The number of nitrogens with zero attached hydrogens (tertiary/aromatic N) is 4. The minimum absolute atomic E-state index is 0.462. The molecule has 1 aliphatic rings. The Hall–Kier alpha value is -3.15. The monoisotopic (exact) mass is 402 g/mol. The van der Waals surface area contributed by atoms with Crippen LogP contribution < -0.4 is 11.1 Å². The van der Waals surface area contributed by atoms with Gasteiger partial charge in [0.25, 0.3) is 0 Å². The predicted molar refractivity (Wildman–Crippen MR) is 121 cm³/mol. The van der Waals surface area contributed by atoms with Gasteiger partial charge in [-0.25, -0.2) is 14.7 Å². The second kappa shape index (κ2) is 10.1. The number of hydrogen-bond donors (Lipinski definition) is 2. The molecule has 2 aromatic carbocycles. The smallest absolute Gasteiger partial charge is 0.189 e. The Labute approximate surface area is 178 Å². The van der Waals surface area contributed by atoms with Crippen LogP contribution in [0.1, 0.15) is 49.7 Å². The average Bonchev–Trinajstić information content (AvgIpc) is 3.15. The van der Waals surface area contributed by atoms with Crippen LogP contribution in [0.25, 0.3) is 11.1 Å². The van der Waals surface area contributed by atoms with E-state index in [-0.39, 0.29) is 0 Å². The van der Waals surface area contributed by atoms with Gasteiger partial charge in [-0.1, -0.05) is 74.2 Å².